The van der Waals surface area contributed by atoms with Crippen molar-refractivity contribution in [2.75, 3.05) is 13.1 Å². The molecule has 1 amide bonds. The van der Waals surface area contributed by atoms with Crippen LogP contribution in [0.3, 0.4) is 0 Å². The van der Waals surface area contributed by atoms with Gasteiger partial charge in [0.15, 0.2) is 0 Å². The molecule has 0 radical (unpaired) electrons. The zero-order chi connectivity index (χ0) is 23.0. The van der Waals surface area contributed by atoms with Crippen molar-refractivity contribution in [2.45, 2.75) is 45.1 Å². The molecule has 32 heavy (non-hydrogen) atoms. The second-order valence-electron chi connectivity index (χ2n) is 9.36. The minimum absolute atomic E-state index is 0.0904. The first-order valence-corrected chi connectivity index (χ1v) is 11.2. The van der Waals surface area contributed by atoms with Crippen molar-refractivity contribution in [3.63, 3.8) is 0 Å². The van der Waals surface area contributed by atoms with Crippen LogP contribution in [0.2, 0.25) is 5.02 Å². The third-order valence-corrected chi connectivity index (χ3v) is 6.24. The fourth-order valence-corrected chi connectivity index (χ4v) is 4.80. The summed E-state index contributed by atoms with van der Waals surface area (Å²) in [7, 11) is 0. The van der Waals surface area contributed by atoms with Gasteiger partial charge in [0.2, 0.25) is 0 Å². The molecule has 2 aliphatic rings. The smallest absolute Gasteiger partial charge is 0.410 e. The molecule has 7 heteroatoms. The predicted molar refractivity (Wildman–Crippen MR) is 124 cm³/mol. The van der Waals surface area contributed by atoms with Crippen LogP contribution in [-0.2, 0) is 9.53 Å². The van der Waals surface area contributed by atoms with Crippen LogP contribution in [0.25, 0.3) is 11.6 Å². The van der Waals surface area contributed by atoms with E-state index in [-0.39, 0.29) is 23.5 Å². The Morgan fingerprint density at radius 3 is 2.56 bits per heavy atom. The van der Waals surface area contributed by atoms with E-state index in [9.17, 15) is 14.7 Å². The molecule has 1 unspecified atom stereocenters. The number of fused-ring (bicyclic) bond motifs is 2. The quantitative estimate of drug-likeness (QED) is 0.652. The fraction of sp³-hybridized carbons (Fsp3) is 0.400. The summed E-state index contributed by atoms with van der Waals surface area (Å²) in [5.74, 6) is -0.887. The maximum absolute atomic E-state index is 12.5. The molecule has 168 valence electrons. The largest absolute Gasteiger partial charge is 0.478 e. The van der Waals surface area contributed by atoms with Gasteiger partial charge in [-0.25, -0.2) is 9.59 Å². The molecular weight excluding hydrogens is 428 g/mol. The monoisotopic (exact) mass is 454 g/mol. The van der Waals surface area contributed by atoms with E-state index in [2.05, 4.69) is 4.98 Å². The topological polar surface area (TPSA) is 79.7 Å². The van der Waals surface area contributed by atoms with Gasteiger partial charge in [-0.1, -0.05) is 23.7 Å². The summed E-state index contributed by atoms with van der Waals surface area (Å²) in [5.41, 5.74) is 2.89. The van der Waals surface area contributed by atoms with Crippen LogP contribution >= 0.6 is 11.6 Å². The van der Waals surface area contributed by atoms with Crippen molar-refractivity contribution in [3.05, 3.63) is 63.9 Å². The molecule has 6 nitrogen and oxygen atoms in total. The number of carboxylic acids is 1. The number of hydrogen-bond donors (Lipinski definition) is 1. The van der Waals surface area contributed by atoms with Gasteiger partial charge in [0, 0.05) is 35.8 Å². The molecule has 1 N–H and O–H groups in total. The van der Waals surface area contributed by atoms with Crippen molar-refractivity contribution in [2.24, 2.45) is 5.92 Å². The first-order chi connectivity index (χ1) is 15.1. The number of halogens is 1. The van der Waals surface area contributed by atoms with Gasteiger partial charge < -0.3 is 14.7 Å². The van der Waals surface area contributed by atoms with E-state index in [0.29, 0.717) is 23.7 Å². The molecule has 1 saturated heterocycles. The van der Waals surface area contributed by atoms with Crippen LogP contribution in [0.1, 0.15) is 61.9 Å². The number of likely N-dealkylation sites (tertiary alicyclic amines) is 1. The highest BCUT2D eigenvalue weighted by molar-refractivity contribution is 6.31. The second-order valence-corrected chi connectivity index (χ2v) is 9.79. The maximum Gasteiger partial charge on any atom is 0.410 e. The average molecular weight is 455 g/mol. The third kappa shape index (κ3) is 4.51. The normalized spacial score (nSPS) is 18.8. The van der Waals surface area contributed by atoms with E-state index >= 15 is 0 Å². The number of amides is 1. The summed E-state index contributed by atoms with van der Waals surface area (Å²) in [4.78, 5) is 31.0. The van der Waals surface area contributed by atoms with E-state index < -0.39 is 11.6 Å². The van der Waals surface area contributed by atoms with Crippen LogP contribution in [0, 0.1) is 5.92 Å². The average Bonchev–Trinajstić information content (AvgIpc) is 2.87. The Balaban J connectivity index is 1.69. The first-order valence-electron chi connectivity index (χ1n) is 10.8. The minimum Gasteiger partial charge on any atom is -0.478 e. The standard InChI is InChI=1S/C25H27ClN2O4/c1-25(2,3)32-24(31)28-11-8-15(9-12-28)21-18-7-6-17(26)13-16(18)14-20(23(29)30)19-5-4-10-27-22(19)21/h4-7,10,13-15,21H,8-9,11-12H2,1-3H3,(H,29,30). The molecular formula is C25H27ClN2O4. The Bertz CT molecular complexity index is 1080. The van der Waals surface area contributed by atoms with E-state index in [1.165, 1.54) is 0 Å². The number of rotatable bonds is 2. The number of hydrogen-bond acceptors (Lipinski definition) is 4. The van der Waals surface area contributed by atoms with Crippen molar-refractivity contribution in [1.29, 1.82) is 0 Å². The minimum atomic E-state index is -0.995. The van der Waals surface area contributed by atoms with Crippen LogP contribution in [0.15, 0.2) is 36.5 Å². The molecule has 1 aromatic heterocycles. The van der Waals surface area contributed by atoms with E-state index in [1.54, 1.807) is 23.2 Å². The summed E-state index contributed by atoms with van der Waals surface area (Å²) >= 11 is 6.26. The Labute approximate surface area is 192 Å². The molecule has 1 atom stereocenters. The SMILES string of the molecule is CC(C)(C)OC(=O)N1CCC(C2c3ccc(Cl)cc3C=C(C(=O)O)c3cccnc32)CC1. The lowest BCUT2D eigenvalue weighted by Gasteiger charge is -2.37. The highest BCUT2D eigenvalue weighted by Crippen LogP contribution is 2.44. The molecule has 0 spiro atoms. The lowest BCUT2D eigenvalue weighted by atomic mass is 9.76. The Hall–Kier alpha value is -2.86. The highest BCUT2D eigenvalue weighted by atomic mass is 35.5. The first kappa shape index (κ1) is 22.3. The van der Waals surface area contributed by atoms with Gasteiger partial charge in [0.1, 0.15) is 5.60 Å². The van der Waals surface area contributed by atoms with Gasteiger partial charge in [-0.2, -0.15) is 0 Å². The number of carboxylic acid groups (broad SMARTS) is 1. The van der Waals surface area contributed by atoms with Crippen LogP contribution < -0.4 is 0 Å². The zero-order valence-electron chi connectivity index (χ0n) is 18.5. The summed E-state index contributed by atoms with van der Waals surface area (Å²) < 4.78 is 5.53. The second kappa shape index (κ2) is 8.58. The van der Waals surface area contributed by atoms with Crippen molar-refractivity contribution < 1.29 is 19.4 Å². The number of ether oxygens (including phenoxy) is 1. The maximum atomic E-state index is 12.5. The van der Waals surface area contributed by atoms with Crippen molar-refractivity contribution >= 4 is 35.3 Å². The van der Waals surface area contributed by atoms with E-state index in [0.717, 1.165) is 29.7 Å². The van der Waals surface area contributed by atoms with Crippen LogP contribution in [-0.4, -0.2) is 45.7 Å². The number of carbonyl (C=O) groups excluding carboxylic acids is 1. The molecule has 4 rings (SSSR count). The number of aliphatic carboxylic acids is 1. The number of nitrogens with zero attached hydrogens (tertiary/aromatic N) is 2. The van der Waals surface area contributed by atoms with E-state index in [4.69, 9.17) is 16.3 Å². The molecule has 0 saturated carbocycles. The summed E-state index contributed by atoms with van der Waals surface area (Å²) in [6.45, 7) is 6.75. The Kier molecular flexibility index (Phi) is 5.99. The summed E-state index contributed by atoms with van der Waals surface area (Å²) in [5, 5.41) is 10.5. The van der Waals surface area contributed by atoms with E-state index in [1.807, 2.05) is 45.0 Å². The molecule has 2 heterocycles. The van der Waals surface area contributed by atoms with Crippen molar-refractivity contribution in [1.82, 2.24) is 9.88 Å². The number of pyridine rings is 1. The fourth-order valence-electron chi connectivity index (χ4n) is 4.62. The lowest BCUT2D eigenvalue weighted by Crippen LogP contribution is -2.42. The number of benzene rings is 1. The number of carbonyl (C=O) groups is 2. The Morgan fingerprint density at radius 1 is 1.19 bits per heavy atom. The highest BCUT2D eigenvalue weighted by Gasteiger charge is 2.36. The molecule has 1 aromatic carbocycles. The van der Waals surface area contributed by atoms with Gasteiger partial charge in [0.05, 0.1) is 11.3 Å². The third-order valence-electron chi connectivity index (χ3n) is 6.00. The van der Waals surface area contributed by atoms with Gasteiger partial charge in [-0.05, 0) is 74.9 Å². The van der Waals surface area contributed by atoms with Crippen LogP contribution in [0.5, 0.6) is 0 Å². The van der Waals surface area contributed by atoms with Gasteiger partial charge in [-0.15, -0.1) is 0 Å². The zero-order valence-corrected chi connectivity index (χ0v) is 19.2. The van der Waals surface area contributed by atoms with Crippen molar-refractivity contribution in [3.8, 4) is 0 Å². The molecule has 0 bridgehead atoms. The molecule has 1 aliphatic heterocycles. The Morgan fingerprint density at radius 2 is 1.91 bits per heavy atom. The van der Waals surface area contributed by atoms with Gasteiger partial charge in [0.25, 0.3) is 0 Å². The lowest BCUT2D eigenvalue weighted by molar-refractivity contribution is -0.130. The molecule has 1 aliphatic carbocycles. The number of aromatic nitrogens is 1. The summed E-state index contributed by atoms with van der Waals surface area (Å²) in [6.07, 6.45) is 4.65. The predicted octanol–water partition coefficient (Wildman–Crippen LogP) is 5.45. The van der Waals surface area contributed by atoms with Crippen LogP contribution in [0.4, 0.5) is 4.79 Å². The molecule has 2 aromatic rings. The number of piperidine rings is 1. The van der Waals surface area contributed by atoms with Gasteiger partial charge in [-0.3, -0.25) is 4.98 Å². The van der Waals surface area contributed by atoms with Gasteiger partial charge >= 0.3 is 12.1 Å². The summed E-state index contributed by atoms with van der Waals surface area (Å²) in [6, 6.07) is 9.21. The molecule has 1 fully saturated rings.